The van der Waals surface area contributed by atoms with Gasteiger partial charge in [-0.3, -0.25) is 4.79 Å². The van der Waals surface area contributed by atoms with Crippen LogP contribution < -0.4 is 4.90 Å². The van der Waals surface area contributed by atoms with E-state index in [4.69, 9.17) is 0 Å². The van der Waals surface area contributed by atoms with E-state index in [0.717, 1.165) is 45.6 Å². The third-order valence-electron chi connectivity index (χ3n) is 6.78. The van der Waals surface area contributed by atoms with Gasteiger partial charge >= 0.3 is 0 Å². The number of rotatable bonds is 2. The van der Waals surface area contributed by atoms with Gasteiger partial charge in [-0.1, -0.05) is 18.2 Å². The lowest BCUT2D eigenvalue weighted by Gasteiger charge is -2.47. The Morgan fingerprint density at radius 1 is 1.00 bits per heavy atom. The largest absolute Gasteiger partial charge is 0.312 e. The standard InChI is InChI=1S/C21H31N3O/c1-22-11-7-17(8-12-22)16-24-19-6-4-3-5-18(19)21(15-20(24)25)9-13-23(2)14-10-21/h3-6,17H,7-16H2,1-2H3. The number of piperidine rings is 2. The zero-order chi connectivity index (χ0) is 17.4. The van der Waals surface area contributed by atoms with Crippen molar-refractivity contribution < 1.29 is 4.79 Å². The number of benzene rings is 1. The molecule has 25 heavy (non-hydrogen) atoms. The second-order valence-electron chi connectivity index (χ2n) is 8.53. The van der Waals surface area contributed by atoms with Crippen molar-refractivity contribution in [3.63, 3.8) is 0 Å². The molecule has 3 aliphatic heterocycles. The molecule has 0 saturated carbocycles. The maximum absolute atomic E-state index is 13.2. The molecule has 0 atom stereocenters. The van der Waals surface area contributed by atoms with Crippen molar-refractivity contribution in [3.05, 3.63) is 29.8 Å². The van der Waals surface area contributed by atoms with Gasteiger partial charge in [-0.05, 0) is 83.5 Å². The second kappa shape index (κ2) is 6.73. The summed E-state index contributed by atoms with van der Waals surface area (Å²) in [6.45, 7) is 5.40. The topological polar surface area (TPSA) is 26.8 Å². The van der Waals surface area contributed by atoms with Gasteiger partial charge in [-0.15, -0.1) is 0 Å². The highest BCUT2D eigenvalue weighted by atomic mass is 16.2. The van der Waals surface area contributed by atoms with Gasteiger partial charge in [-0.2, -0.15) is 0 Å². The van der Waals surface area contributed by atoms with E-state index in [9.17, 15) is 4.79 Å². The number of hydrogen-bond acceptors (Lipinski definition) is 3. The Balaban J connectivity index is 1.60. The van der Waals surface area contributed by atoms with Crippen molar-refractivity contribution in [2.24, 2.45) is 5.92 Å². The van der Waals surface area contributed by atoms with E-state index < -0.39 is 0 Å². The van der Waals surface area contributed by atoms with Gasteiger partial charge < -0.3 is 14.7 Å². The molecule has 1 aromatic rings. The lowest BCUT2D eigenvalue weighted by molar-refractivity contribution is -0.121. The molecular weight excluding hydrogens is 310 g/mol. The number of nitrogens with zero attached hydrogens (tertiary/aromatic N) is 3. The fraction of sp³-hybridized carbons (Fsp3) is 0.667. The summed E-state index contributed by atoms with van der Waals surface area (Å²) in [6.07, 6.45) is 5.32. The minimum Gasteiger partial charge on any atom is -0.312 e. The number of carbonyl (C=O) groups excluding carboxylic acids is 1. The fourth-order valence-electron chi connectivity index (χ4n) is 4.97. The number of para-hydroxylation sites is 1. The van der Waals surface area contributed by atoms with Crippen LogP contribution in [0, 0.1) is 5.92 Å². The molecule has 0 bridgehead atoms. The molecule has 2 saturated heterocycles. The number of anilines is 1. The molecule has 0 unspecified atom stereocenters. The zero-order valence-electron chi connectivity index (χ0n) is 15.7. The van der Waals surface area contributed by atoms with Crippen molar-refractivity contribution in [3.8, 4) is 0 Å². The summed E-state index contributed by atoms with van der Waals surface area (Å²) >= 11 is 0. The number of likely N-dealkylation sites (tertiary alicyclic amines) is 2. The summed E-state index contributed by atoms with van der Waals surface area (Å²) in [5.74, 6) is 0.988. The molecule has 1 spiro atoms. The lowest BCUT2D eigenvalue weighted by atomic mass is 9.67. The molecule has 1 aromatic carbocycles. The molecule has 4 rings (SSSR count). The first kappa shape index (κ1) is 17.0. The van der Waals surface area contributed by atoms with Crippen molar-refractivity contribution in [1.82, 2.24) is 9.80 Å². The molecule has 0 aliphatic carbocycles. The van der Waals surface area contributed by atoms with Gasteiger partial charge in [0.05, 0.1) is 0 Å². The summed E-state index contributed by atoms with van der Waals surface area (Å²) in [7, 11) is 4.39. The normalized spacial score (nSPS) is 25.4. The molecular formula is C21H31N3O. The highest BCUT2D eigenvalue weighted by Crippen LogP contribution is 2.47. The van der Waals surface area contributed by atoms with Gasteiger partial charge in [0.2, 0.25) is 5.91 Å². The Labute approximate surface area is 151 Å². The van der Waals surface area contributed by atoms with Gasteiger partial charge in [0.1, 0.15) is 0 Å². The van der Waals surface area contributed by atoms with Crippen LogP contribution in [0.25, 0.3) is 0 Å². The van der Waals surface area contributed by atoms with E-state index in [1.54, 1.807) is 0 Å². The SMILES string of the molecule is CN1CCC(CN2C(=O)CC3(CCN(C)CC3)c3ccccc32)CC1. The second-order valence-corrected chi connectivity index (χ2v) is 8.53. The van der Waals surface area contributed by atoms with Gasteiger partial charge in [0, 0.05) is 24.1 Å². The molecule has 3 heterocycles. The first-order valence-electron chi connectivity index (χ1n) is 9.84. The van der Waals surface area contributed by atoms with Crippen molar-refractivity contribution in [1.29, 1.82) is 0 Å². The van der Waals surface area contributed by atoms with Crippen LogP contribution in [-0.2, 0) is 10.2 Å². The Hall–Kier alpha value is -1.39. The zero-order valence-corrected chi connectivity index (χ0v) is 15.7. The predicted molar refractivity (Wildman–Crippen MR) is 102 cm³/mol. The third kappa shape index (κ3) is 3.22. The minimum absolute atomic E-state index is 0.0729. The summed E-state index contributed by atoms with van der Waals surface area (Å²) in [4.78, 5) is 20.1. The molecule has 3 aliphatic rings. The number of hydrogen-bond donors (Lipinski definition) is 0. The van der Waals surface area contributed by atoms with Crippen molar-refractivity contribution in [2.45, 2.75) is 37.5 Å². The summed E-state index contributed by atoms with van der Waals surface area (Å²) in [5, 5.41) is 0. The van der Waals surface area contributed by atoms with Crippen LogP contribution in [0.4, 0.5) is 5.69 Å². The third-order valence-corrected chi connectivity index (χ3v) is 6.78. The van der Waals surface area contributed by atoms with Gasteiger partial charge in [-0.25, -0.2) is 0 Å². The summed E-state index contributed by atoms with van der Waals surface area (Å²) in [6, 6.07) is 8.72. The first-order chi connectivity index (χ1) is 12.1. The molecule has 0 radical (unpaired) electrons. The van der Waals surface area contributed by atoms with Gasteiger partial charge in [0.25, 0.3) is 0 Å². The Kier molecular flexibility index (Phi) is 4.59. The van der Waals surface area contributed by atoms with E-state index in [2.05, 4.69) is 53.1 Å². The fourth-order valence-corrected chi connectivity index (χ4v) is 4.97. The molecule has 1 amide bonds. The van der Waals surface area contributed by atoms with Gasteiger partial charge in [0.15, 0.2) is 0 Å². The van der Waals surface area contributed by atoms with Crippen LogP contribution in [-0.4, -0.2) is 62.5 Å². The average Bonchev–Trinajstić information content (AvgIpc) is 2.63. The maximum Gasteiger partial charge on any atom is 0.227 e. The predicted octanol–water partition coefficient (Wildman–Crippen LogP) is 2.73. The molecule has 136 valence electrons. The van der Waals surface area contributed by atoms with E-state index in [1.165, 1.54) is 24.1 Å². The van der Waals surface area contributed by atoms with Crippen LogP contribution in [0.3, 0.4) is 0 Å². The molecule has 4 nitrogen and oxygen atoms in total. The van der Waals surface area contributed by atoms with E-state index in [-0.39, 0.29) is 5.41 Å². The Bertz CT molecular complexity index is 628. The van der Waals surface area contributed by atoms with E-state index in [1.807, 2.05) is 0 Å². The van der Waals surface area contributed by atoms with E-state index in [0.29, 0.717) is 18.2 Å². The lowest BCUT2D eigenvalue weighted by Crippen LogP contribution is -2.50. The van der Waals surface area contributed by atoms with Crippen LogP contribution in [0.1, 0.15) is 37.7 Å². The number of carbonyl (C=O) groups is 1. The highest BCUT2D eigenvalue weighted by Gasteiger charge is 2.44. The van der Waals surface area contributed by atoms with Crippen LogP contribution in [0.2, 0.25) is 0 Å². The maximum atomic E-state index is 13.2. The van der Waals surface area contributed by atoms with E-state index >= 15 is 0 Å². The number of fused-ring (bicyclic) bond motifs is 2. The molecule has 2 fully saturated rings. The summed E-state index contributed by atoms with van der Waals surface area (Å²) in [5.41, 5.74) is 2.70. The minimum atomic E-state index is 0.0729. The van der Waals surface area contributed by atoms with Crippen LogP contribution in [0.15, 0.2) is 24.3 Å². The van der Waals surface area contributed by atoms with Crippen LogP contribution >= 0.6 is 0 Å². The number of amides is 1. The quantitative estimate of drug-likeness (QED) is 0.827. The summed E-state index contributed by atoms with van der Waals surface area (Å²) < 4.78 is 0. The molecule has 0 N–H and O–H groups in total. The average molecular weight is 341 g/mol. The smallest absolute Gasteiger partial charge is 0.227 e. The Morgan fingerprint density at radius 3 is 2.36 bits per heavy atom. The van der Waals surface area contributed by atoms with Crippen molar-refractivity contribution in [2.75, 3.05) is 51.7 Å². The highest BCUT2D eigenvalue weighted by molar-refractivity contribution is 5.98. The molecule has 4 heteroatoms. The first-order valence-corrected chi connectivity index (χ1v) is 9.84. The van der Waals surface area contributed by atoms with Crippen molar-refractivity contribution >= 4 is 11.6 Å². The molecule has 0 aromatic heterocycles. The Morgan fingerprint density at radius 2 is 1.64 bits per heavy atom. The monoisotopic (exact) mass is 341 g/mol. The van der Waals surface area contributed by atoms with Crippen LogP contribution in [0.5, 0.6) is 0 Å².